The molecule has 1 aromatic heterocycles. The van der Waals surface area contributed by atoms with Gasteiger partial charge in [-0.25, -0.2) is 4.98 Å². The van der Waals surface area contributed by atoms with Crippen LogP contribution in [0, 0.1) is 0 Å². The Hall–Kier alpha value is -1.29. The quantitative estimate of drug-likeness (QED) is 0.800. The molecule has 0 radical (unpaired) electrons. The molecule has 1 aliphatic heterocycles. The minimum atomic E-state index is 0.283. The lowest BCUT2D eigenvalue weighted by atomic mass is 10.1. The highest BCUT2D eigenvalue weighted by Crippen LogP contribution is 2.28. The Morgan fingerprint density at radius 2 is 2.40 bits per heavy atom. The van der Waals surface area contributed by atoms with Gasteiger partial charge in [0.05, 0.1) is 6.61 Å². The maximum absolute atomic E-state index is 5.75. The highest BCUT2D eigenvalue weighted by atomic mass is 16.5. The van der Waals surface area contributed by atoms with Gasteiger partial charge in [-0.3, -0.25) is 0 Å². The zero-order valence-electron chi connectivity index (χ0n) is 9.02. The summed E-state index contributed by atoms with van der Waals surface area (Å²) in [5.74, 6) is 1.79. The molecular formula is C11H17N3O. The number of hydrogen-bond acceptors (Lipinski definition) is 4. The minimum Gasteiger partial charge on any atom is -0.490 e. The van der Waals surface area contributed by atoms with Crippen molar-refractivity contribution >= 4 is 5.82 Å². The third-order valence-corrected chi connectivity index (χ3v) is 2.42. The van der Waals surface area contributed by atoms with Crippen molar-refractivity contribution < 1.29 is 4.74 Å². The highest BCUT2D eigenvalue weighted by molar-refractivity contribution is 5.54. The standard InChI is InChI=1S/C11H17N3O/c1-2-6-15-10-4-3-5-13-11(10)14-7-9(12)8-14/h3-5,9H,2,6-8,12H2,1H3. The average Bonchev–Trinajstić information content (AvgIpc) is 2.23. The third kappa shape index (κ3) is 2.21. The van der Waals surface area contributed by atoms with Crippen molar-refractivity contribution in [2.45, 2.75) is 19.4 Å². The number of pyridine rings is 1. The van der Waals surface area contributed by atoms with E-state index in [-0.39, 0.29) is 6.04 Å². The molecule has 1 saturated heterocycles. The SMILES string of the molecule is CCCOc1cccnc1N1CC(N)C1. The molecule has 2 N–H and O–H groups in total. The van der Waals surface area contributed by atoms with Crippen LogP contribution in [0.2, 0.25) is 0 Å². The van der Waals surface area contributed by atoms with E-state index in [4.69, 9.17) is 10.5 Å². The predicted octanol–water partition coefficient (Wildman–Crippen LogP) is 1.02. The van der Waals surface area contributed by atoms with Crippen LogP contribution in [0.15, 0.2) is 18.3 Å². The van der Waals surface area contributed by atoms with Crippen molar-refractivity contribution in [2.75, 3.05) is 24.6 Å². The first kappa shape index (κ1) is 10.2. The van der Waals surface area contributed by atoms with Gasteiger partial charge in [0.15, 0.2) is 11.6 Å². The molecule has 2 rings (SSSR count). The Labute approximate surface area is 90.0 Å². The van der Waals surface area contributed by atoms with Gasteiger partial charge >= 0.3 is 0 Å². The summed E-state index contributed by atoms with van der Waals surface area (Å²) < 4.78 is 5.63. The smallest absolute Gasteiger partial charge is 0.171 e. The van der Waals surface area contributed by atoms with Crippen LogP contribution < -0.4 is 15.4 Å². The normalized spacial score (nSPS) is 16.3. The van der Waals surface area contributed by atoms with Crippen LogP contribution in [-0.2, 0) is 0 Å². The van der Waals surface area contributed by atoms with E-state index in [9.17, 15) is 0 Å². The second-order valence-electron chi connectivity index (χ2n) is 3.84. The lowest BCUT2D eigenvalue weighted by Gasteiger charge is -2.38. The average molecular weight is 207 g/mol. The molecule has 82 valence electrons. The first-order valence-electron chi connectivity index (χ1n) is 5.39. The van der Waals surface area contributed by atoms with Crippen molar-refractivity contribution in [3.05, 3.63) is 18.3 Å². The van der Waals surface area contributed by atoms with Crippen molar-refractivity contribution in [1.82, 2.24) is 4.98 Å². The van der Waals surface area contributed by atoms with Crippen LogP contribution in [0.4, 0.5) is 5.82 Å². The van der Waals surface area contributed by atoms with Crippen LogP contribution >= 0.6 is 0 Å². The van der Waals surface area contributed by atoms with Crippen LogP contribution in [0.25, 0.3) is 0 Å². The van der Waals surface area contributed by atoms with Gasteiger partial charge in [-0.2, -0.15) is 0 Å². The Morgan fingerprint density at radius 1 is 1.60 bits per heavy atom. The monoisotopic (exact) mass is 207 g/mol. The molecule has 0 bridgehead atoms. The largest absolute Gasteiger partial charge is 0.490 e. The summed E-state index contributed by atoms with van der Waals surface area (Å²) in [6.07, 6.45) is 2.80. The molecule has 1 aliphatic rings. The number of nitrogens with two attached hydrogens (primary N) is 1. The number of anilines is 1. The summed E-state index contributed by atoms with van der Waals surface area (Å²) in [6.45, 7) is 4.58. The molecule has 4 nitrogen and oxygen atoms in total. The number of hydrogen-bond donors (Lipinski definition) is 1. The van der Waals surface area contributed by atoms with Gasteiger partial charge in [-0.05, 0) is 18.6 Å². The first-order chi connectivity index (χ1) is 7.31. The molecular weight excluding hydrogens is 190 g/mol. The molecule has 0 aliphatic carbocycles. The maximum Gasteiger partial charge on any atom is 0.171 e. The molecule has 1 aromatic rings. The van der Waals surface area contributed by atoms with Gasteiger partial charge in [-0.1, -0.05) is 6.92 Å². The lowest BCUT2D eigenvalue weighted by molar-refractivity contribution is 0.314. The zero-order chi connectivity index (χ0) is 10.7. The van der Waals surface area contributed by atoms with E-state index in [1.165, 1.54) is 0 Å². The predicted molar refractivity (Wildman–Crippen MR) is 60.2 cm³/mol. The number of ether oxygens (including phenoxy) is 1. The van der Waals surface area contributed by atoms with Crippen molar-refractivity contribution in [1.29, 1.82) is 0 Å². The third-order valence-electron chi connectivity index (χ3n) is 2.42. The Kier molecular flexibility index (Phi) is 3.06. The summed E-state index contributed by atoms with van der Waals surface area (Å²) in [5.41, 5.74) is 5.75. The summed E-state index contributed by atoms with van der Waals surface area (Å²) in [7, 11) is 0. The Morgan fingerprint density at radius 3 is 3.07 bits per heavy atom. The molecule has 0 spiro atoms. The summed E-state index contributed by atoms with van der Waals surface area (Å²) in [6, 6.07) is 4.14. The first-order valence-corrected chi connectivity index (χ1v) is 5.39. The van der Waals surface area contributed by atoms with E-state index in [0.29, 0.717) is 0 Å². The van der Waals surface area contributed by atoms with Crippen molar-refractivity contribution in [3.8, 4) is 5.75 Å². The summed E-state index contributed by atoms with van der Waals surface area (Å²) in [5, 5.41) is 0. The topological polar surface area (TPSA) is 51.4 Å². The van der Waals surface area contributed by atoms with E-state index >= 15 is 0 Å². The van der Waals surface area contributed by atoms with E-state index in [2.05, 4.69) is 16.8 Å². The van der Waals surface area contributed by atoms with Gasteiger partial charge in [0.2, 0.25) is 0 Å². The molecule has 15 heavy (non-hydrogen) atoms. The lowest BCUT2D eigenvalue weighted by Crippen LogP contribution is -2.56. The fraction of sp³-hybridized carbons (Fsp3) is 0.545. The number of aromatic nitrogens is 1. The van der Waals surface area contributed by atoms with Gasteiger partial charge in [0.25, 0.3) is 0 Å². The Bertz CT molecular complexity index is 323. The van der Waals surface area contributed by atoms with Gasteiger partial charge in [0.1, 0.15) is 0 Å². The molecule has 0 unspecified atom stereocenters. The van der Waals surface area contributed by atoms with Crippen LogP contribution in [-0.4, -0.2) is 30.7 Å². The second-order valence-corrected chi connectivity index (χ2v) is 3.84. The maximum atomic E-state index is 5.75. The minimum absolute atomic E-state index is 0.283. The molecule has 0 saturated carbocycles. The molecule has 0 amide bonds. The Balaban J connectivity index is 2.08. The molecule has 0 atom stereocenters. The fourth-order valence-electron chi connectivity index (χ4n) is 1.63. The van der Waals surface area contributed by atoms with Gasteiger partial charge < -0.3 is 15.4 Å². The molecule has 0 aromatic carbocycles. The van der Waals surface area contributed by atoms with Gasteiger partial charge in [-0.15, -0.1) is 0 Å². The van der Waals surface area contributed by atoms with Crippen LogP contribution in [0.1, 0.15) is 13.3 Å². The van der Waals surface area contributed by atoms with Crippen LogP contribution in [0.5, 0.6) is 5.75 Å². The highest BCUT2D eigenvalue weighted by Gasteiger charge is 2.26. The van der Waals surface area contributed by atoms with E-state index in [1.807, 2.05) is 12.1 Å². The fourth-order valence-corrected chi connectivity index (χ4v) is 1.63. The van der Waals surface area contributed by atoms with E-state index in [0.717, 1.165) is 37.7 Å². The summed E-state index contributed by atoms with van der Waals surface area (Å²) >= 11 is 0. The molecule has 2 heterocycles. The van der Waals surface area contributed by atoms with Crippen molar-refractivity contribution in [3.63, 3.8) is 0 Å². The number of rotatable bonds is 4. The van der Waals surface area contributed by atoms with Crippen LogP contribution in [0.3, 0.4) is 0 Å². The summed E-state index contributed by atoms with van der Waals surface area (Å²) in [4.78, 5) is 6.48. The molecule has 1 fully saturated rings. The van der Waals surface area contributed by atoms with E-state index < -0.39 is 0 Å². The second kappa shape index (κ2) is 4.49. The molecule has 4 heteroatoms. The number of nitrogens with zero attached hydrogens (tertiary/aromatic N) is 2. The zero-order valence-corrected chi connectivity index (χ0v) is 9.02. The van der Waals surface area contributed by atoms with E-state index in [1.54, 1.807) is 6.20 Å². The van der Waals surface area contributed by atoms with Gasteiger partial charge in [0, 0.05) is 25.3 Å². The van der Waals surface area contributed by atoms with Crippen molar-refractivity contribution in [2.24, 2.45) is 5.73 Å².